The van der Waals surface area contributed by atoms with Crippen molar-refractivity contribution in [3.8, 4) is 11.8 Å². The molecule has 0 atom stereocenters. The van der Waals surface area contributed by atoms with E-state index in [2.05, 4.69) is 33.6 Å². The van der Waals surface area contributed by atoms with Gasteiger partial charge in [0.15, 0.2) is 0 Å². The van der Waals surface area contributed by atoms with Gasteiger partial charge in [0.2, 0.25) is 0 Å². The summed E-state index contributed by atoms with van der Waals surface area (Å²) < 4.78 is 4.54. The van der Waals surface area contributed by atoms with E-state index in [1.54, 1.807) is 0 Å². The molecule has 0 N–H and O–H groups in total. The maximum atomic E-state index is 10.9. The van der Waals surface area contributed by atoms with Gasteiger partial charge in [-0.1, -0.05) is 17.9 Å². The first kappa shape index (κ1) is 12.5. The van der Waals surface area contributed by atoms with Crippen LogP contribution >= 0.6 is 0 Å². The number of esters is 1. The molecule has 0 saturated carbocycles. The Bertz CT molecular complexity index is 479. The van der Waals surface area contributed by atoms with E-state index in [4.69, 9.17) is 0 Å². The van der Waals surface area contributed by atoms with Gasteiger partial charge in [-0.05, 0) is 31.0 Å². The van der Waals surface area contributed by atoms with Crippen LogP contribution in [0.5, 0.6) is 0 Å². The van der Waals surface area contributed by atoms with Crippen molar-refractivity contribution in [2.24, 2.45) is 0 Å². The van der Waals surface area contributed by atoms with Crippen LogP contribution in [-0.2, 0) is 9.53 Å². The van der Waals surface area contributed by atoms with Crippen LogP contribution in [0.2, 0.25) is 0 Å². The Balaban J connectivity index is 2.04. The maximum absolute atomic E-state index is 10.9. The van der Waals surface area contributed by atoms with Crippen molar-refractivity contribution >= 4 is 11.7 Å². The Morgan fingerprint density at radius 3 is 2.89 bits per heavy atom. The number of rotatable bonds is 2. The third kappa shape index (κ3) is 3.27. The lowest BCUT2D eigenvalue weighted by atomic mass is 10.2. The fourth-order valence-electron chi connectivity index (χ4n) is 2.05. The first-order valence-corrected chi connectivity index (χ1v) is 6.20. The minimum atomic E-state index is -0.293. The van der Waals surface area contributed by atoms with Crippen molar-refractivity contribution < 1.29 is 9.53 Å². The molecule has 3 heteroatoms. The highest BCUT2D eigenvalue weighted by molar-refractivity contribution is 5.72. The zero-order valence-corrected chi connectivity index (χ0v) is 10.6. The van der Waals surface area contributed by atoms with Crippen LogP contribution in [0.4, 0.5) is 5.69 Å². The normalized spacial score (nSPS) is 13.9. The summed E-state index contributed by atoms with van der Waals surface area (Å²) in [7, 11) is 1.37. The number of hydrogen-bond donors (Lipinski definition) is 0. The molecule has 2 rings (SSSR count). The van der Waals surface area contributed by atoms with Crippen LogP contribution in [0.25, 0.3) is 0 Å². The zero-order chi connectivity index (χ0) is 12.8. The lowest BCUT2D eigenvalue weighted by molar-refractivity contribution is -0.139. The summed E-state index contributed by atoms with van der Waals surface area (Å²) in [6, 6.07) is 8.16. The average molecular weight is 243 g/mol. The maximum Gasteiger partial charge on any atom is 0.317 e. The first-order valence-electron chi connectivity index (χ1n) is 6.20. The van der Waals surface area contributed by atoms with Gasteiger partial charge >= 0.3 is 5.97 Å². The van der Waals surface area contributed by atoms with Crippen LogP contribution in [0.15, 0.2) is 24.3 Å². The number of carbonyl (C=O) groups excluding carboxylic acids is 1. The summed E-state index contributed by atoms with van der Waals surface area (Å²) in [4.78, 5) is 13.3. The molecule has 0 radical (unpaired) electrons. The molecule has 1 aromatic rings. The van der Waals surface area contributed by atoms with Crippen molar-refractivity contribution in [1.82, 2.24) is 0 Å². The number of carbonyl (C=O) groups is 1. The molecule has 1 fully saturated rings. The molecule has 3 nitrogen and oxygen atoms in total. The van der Waals surface area contributed by atoms with Crippen LogP contribution in [0.1, 0.15) is 24.8 Å². The minimum absolute atomic E-state index is 0.143. The van der Waals surface area contributed by atoms with E-state index in [-0.39, 0.29) is 12.4 Å². The highest BCUT2D eigenvalue weighted by atomic mass is 16.5. The number of methoxy groups -OCH3 is 1. The quantitative estimate of drug-likeness (QED) is 0.589. The number of ether oxygens (including phenoxy) is 1. The van der Waals surface area contributed by atoms with Crippen molar-refractivity contribution in [2.75, 3.05) is 25.1 Å². The molecule has 18 heavy (non-hydrogen) atoms. The Kier molecular flexibility index (Phi) is 4.25. The predicted molar refractivity (Wildman–Crippen MR) is 71.4 cm³/mol. The van der Waals surface area contributed by atoms with Gasteiger partial charge in [-0.3, -0.25) is 4.79 Å². The molecule has 0 bridgehead atoms. The third-order valence-corrected chi connectivity index (χ3v) is 3.01. The lowest BCUT2D eigenvalue weighted by Crippen LogP contribution is -2.17. The largest absolute Gasteiger partial charge is 0.468 e. The first-order chi connectivity index (χ1) is 8.79. The van der Waals surface area contributed by atoms with E-state index >= 15 is 0 Å². The molecule has 1 aliphatic rings. The van der Waals surface area contributed by atoms with Crippen LogP contribution in [0.3, 0.4) is 0 Å². The lowest BCUT2D eigenvalue weighted by Gasteiger charge is -2.17. The molecule has 0 amide bonds. The molecular formula is C15H17NO2. The number of hydrogen-bond acceptors (Lipinski definition) is 3. The second kappa shape index (κ2) is 6.11. The van der Waals surface area contributed by atoms with Gasteiger partial charge < -0.3 is 9.64 Å². The second-order valence-electron chi connectivity index (χ2n) is 4.30. The molecule has 0 aliphatic carbocycles. The summed E-state index contributed by atoms with van der Waals surface area (Å²) in [5.74, 6) is 5.53. The number of nitrogens with zero attached hydrogens (tertiary/aromatic N) is 1. The van der Waals surface area contributed by atoms with Crippen LogP contribution in [-0.4, -0.2) is 26.2 Å². The average Bonchev–Trinajstić information content (AvgIpc) is 2.93. The van der Waals surface area contributed by atoms with Gasteiger partial charge in [0.1, 0.15) is 6.42 Å². The predicted octanol–water partition coefficient (Wildman–Crippen LogP) is 2.20. The highest BCUT2D eigenvalue weighted by Crippen LogP contribution is 2.20. The Labute approximate surface area is 108 Å². The van der Waals surface area contributed by atoms with Crippen molar-refractivity contribution in [3.05, 3.63) is 29.8 Å². The molecule has 0 spiro atoms. The van der Waals surface area contributed by atoms with Gasteiger partial charge in [-0.25, -0.2) is 0 Å². The van der Waals surface area contributed by atoms with E-state index in [1.807, 2.05) is 12.1 Å². The molecule has 0 unspecified atom stereocenters. The molecule has 1 heterocycles. The number of benzene rings is 1. The molecule has 1 aliphatic heterocycles. The van der Waals surface area contributed by atoms with Crippen molar-refractivity contribution in [3.63, 3.8) is 0 Å². The topological polar surface area (TPSA) is 29.5 Å². The molecule has 1 saturated heterocycles. The van der Waals surface area contributed by atoms with Crippen LogP contribution < -0.4 is 4.90 Å². The summed E-state index contributed by atoms with van der Waals surface area (Å²) in [5, 5.41) is 0. The van der Waals surface area contributed by atoms with Crippen molar-refractivity contribution in [1.29, 1.82) is 0 Å². The summed E-state index contributed by atoms with van der Waals surface area (Å²) >= 11 is 0. The highest BCUT2D eigenvalue weighted by Gasteiger charge is 2.11. The van der Waals surface area contributed by atoms with E-state index in [1.165, 1.54) is 25.6 Å². The van der Waals surface area contributed by atoms with Crippen LogP contribution in [0, 0.1) is 11.8 Å². The van der Waals surface area contributed by atoms with Gasteiger partial charge in [0.05, 0.1) is 7.11 Å². The second-order valence-corrected chi connectivity index (χ2v) is 4.30. The van der Waals surface area contributed by atoms with Gasteiger partial charge in [0, 0.05) is 24.3 Å². The summed E-state index contributed by atoms with van der Waals surface area (Å²) in [5.41, 5.74) is 2.17. The minimum Gasteiger partial charge on any atom is -0.468 e. The molecular weight excluding hydrogens is 226 g/mol. The summed E-state index contributed by atoms with van der Waals surface area (Å²) in [6.07, 6.45) is 2.67. The monoisotopic (exact) mass is 243 g/mol. The Morgan fingerprint density at radius 2 is 2.17 bits per heavy atom. The Hall–Kier alpha value is -1.95. The number of anilines is 1. The smallest absolute Gasteiger partial charge is 0.317 e. The van der Waals surface area contributed by atoms with E-state index in [0.29, 0.717) is 0 Å². The third-order valence-electron chi connectivity index (χ3n) is 3.01. The molecule has 94 valence electrons. The van der Waals surface area contributed by atoms with Gasteiger partial charge in [0.25, 0.3) is 0 Å². The van der Waals surface area contributed by atoms with Crippen molar-refractivity contribution in [2.45, 2.75) is 19.3 Å². The summed E-state index contributed by atoms with van der Waals surface area (Å²) in [6.45, 7) is 2.25. The fraction of sp³-hybridized carbons (Fsp3) is 0.400. The van der Waals surface area contributed by atoms with Gasteiger partial charge in [-0.2, -0.15) is 0 Å². The van der Waals surface area contributed by atoms with E-state index in [0.717, 1.165) is 18.7 Å². The SMILES string of the molecule is COC(=O)CC#Cc1cccc(N2CCCC2)c1. The zero-order valence-electron chi connectivity index (χ0n) is 10.6. The fourth-order valence-corrected chi connectivity index (χ4v) is 2.05. The molecule has 0 aromatic heterocycles. The van der Waals surface area contributed by atoms with E-state index in [9.17, 15) is 4.79 Å². The Morgan fingerprint density at radius 1 is 1.39 bits per heavy atom. The van der Waals surface area contributed by atoms with Gasteiger partial charge in [-0.15, -0.1) is 0 Å². The standard InChI is InChI=1S/C15H17NO2/c1-18-15(17)9-5-7-13-6-4-8-14(12-13)16-10-2-3-11-16/h4,6,8,12H,2-3,9-11H2,1H3. The van der Waals surface area contributed by atoms with E-state index < -0.39 is 0 Å². The molecule has 1 aromatic carbocycles.